The van der Waals surface area contributed by atoms with E-state index in [0.29, 0.717) is 29.7 Å². The van der Waals surface area contributed by atoms with E-state index >= 15 is 0 Å². The highest BCUT2D eigenvalue weighted by molar-refractivity contribution is 5.95. The quantitative estimate of drug-likeness (QED) is 0.792. The van der Waals surface area contributed by atoms with Crippen LogP contribution in [0.5, 0.6) is 0 Å². The van der Waals surface area contributed by atoms with Gasteiger partial charge in [-0.3, -0.25) is 4.79 Å². The fourth-order valence-corrected chi connectivity index (χ4v) is 2.44. The van der Waals surface area contributed by atoms with Crippen LogP contribution in [0.1, 0.15) is 42.5 Å². The molecule has 0 saturated heterocycles. The molecule has 0 aliphatic carbocycles. The van der Waals surface area contributed by atoms with Crippen molar-refractivity contribution in [2.24, 2.45) is 0 Å². The molecule has 0 bridgehead atoms. The molecule has 0 amide bonds. The summed E-state index contributed by atoms with van der Waals surface area (Å²) in [6, 6.07) is 9.16. The lowest BCUT2D eigenvalue weighted by molar-refractivity contribution is 0.0523. The number of ether oxygens (including phenoxy) is 1. The van der Waals surface area contributed by atoms with Crippen LogP contribution in [0.15, 0.2) is 39.5 Å². The van der Waals surface area contributed by atoms with Crippen molar-refractivity contribution in [3.05, 3.63) is 57.4 Å². The van der Waals surface area contributed by atoms with Gasteiger partial charge in [0, 0.05) is 17.5 Å². The van der Waals surface area contributed by atoms with Crippen LogP contribution in [0.25, 0.3) is 11.3 Å². The fraction of sp³-hybridized carbons (Fsp3) is 0.333. The summed E-state index contributed by atoms with van der Waals surface area (Å²) in [5.74, 6) is 0.282. The summed E-state index contributed by atoms with van der Waals surface area (Å²) in [5.41, 5.74) is 0.940. The third-order valence-electron chi connectivity index (χ3n) is 3.48. The lowest BCUT2D eigenvalue weighted by Gasteiger charge is -2.12. The van der Waals surface area contributed by atoms with Crippen LogP contribution in [0.3, 0.4) is 0 Å². The highest BCUT2D eigenvalue weighted by atomic mass is 16.5. The molecular weight excluding hydrogens is 280 g/mol. The van der Waals surface area contributed by atoms with Gasteiger partial charge in [0.05, 0.1) is 6.61 Å². The molecule has 0 radical (unpaired) electrons. The largest absolute Gasteiger partial charge is 0.462 e. The average molecular weight is 300 g/mol. The number of rotatable bonds is 5. The van der Waals surface area contributed by atoms with E-state index in [1.807, 2.05) is 44.2 Å². The molecule has 1 heterocycles. The van der Waals surface area contributed by atoms with Crippen molar-refractivity contribution in [1.29, 1.82) is 0 Å². The summed E-state index contributed by atoms with van der Waals surface area (Å²) in [5, 5.41) is 0. The predicted molar refractivity (Wildman–Crippen MR) is 85.1 cm³/mol. The van der Waals surface area contributed by atoms with Crippen LogP contribution in [0, 0.1) is 0 Å². The van der Waals surface area contributed by atoms with E-state index in [0.717, 1.165) is 0 Å². The van der Waals surface area contributed by atoms with Gasteiger partial charge in [0.2, 0.25) is 5.43 Å². The smallest absolute Gasteiger partial charge is 0.346 e. The molecule has 4 nitrogen and oxygen atoms in total. The minimum absolute atomic E-state index is 0.0119. The average Bonchev–Trinajstić information content (AvgIpc) is 2.54. The Kier molecular flexibility index (Phi) is 5.15. The van der Waals surface area contributed by atoms with Crippen LogP contribution >= 0.6 is 0 Å². The number of carbonyl (C=O) groups is 1. The molecule has 0 N–H and O–H groups in total. The van der Waals surface area contributed by atoms with Crippen molar-refractivity contribution < 1.29 is 13.9 Å². The normalized spacial score (nSPS) is 10.5. The molecule has 0 fully saturated rings. The zero-order valence-corrected chi connectivity index (χ0v) is 13.1. The van der Waals surface area contributed by atoms with Crippen LogP contribution < -0.4 is 5.43 Å². The van der Waals surface area contributed by atoms with E-state index in [4.69, 9.17) is 9.15 Å². The van der Waals surface area contributed by atoms with E-state index in [1.54, 1.807) is 6.92 Å². The van der Waals surface area contributed by atoms with Gasteiger partial charge in [-0.1, -0.05) is 44.2 Å². The second-order valence-corrected chi connectivity index (χ2v) is 4.83. The van der Waals surface area contributed by atoms with Crippen molar-refractivity contribution in [1.82, 2.24) is 0 Å². The van der Waals surface area contributed by atoms with Gasteiger partial charge in [-0.05, 0) is 13.3 Å². The molecule has 0 atom stereocenters. The minimum Gasteiger partial charge on any atom is -0.462 e. The number of hydrogen-bond donors (Lipinski definition) is 0. The standard InChI is InChI=1S/C18H20O4/c1-4-13-14(5-2)22-17(12-10-8-7-9-11-12)15(16(13)19)18(20)21-6-3/h7-11H,4-6H2,1-3H3. The Morgan fingerprint density at radius 2 is 1.77 bits per heavy atom. The molecule has 0 unspecified atom stereocenters. The zero-order valence-electron chi connectivity index (χ0n) is 13.1. The molecule has 22 heavy (non-hydrogen) atoms. The van der Waals surface area contributed by atoms with Crippen LogP contribution in [0.4, 0.5) is 0 Å². The van der Waals surface area contributed by atoms with E-state index in [9.17, 15) is 9.59 Å². The first-order chi connectivity index (χ1) is 10.6. The maximum Gasteiger partial charge on any atom is 0.346 e. The van der Waals surface area contributed by atoms with Gasteiger partial charge < -0.3 is 9.15 Å². The molecule has 0 spiro atoms. The van der Waals surface area contributed by atoms with E-state index in [2.05, 4.69) is 0 Å². The lowest BCUT2D eigenvalue weighted by atomic mass is 10.0. The Morgan fingerprint density at radius 3 is 2.32 bits per heavy atom. The summed E-state index contributed by atoms with van der Waals surface area (Å²) < 4.78 is 11.0. The highest BCUT2D eigenvalue weighted by Gasteiger charge is 2.24. The Bertz CT molecular complexity index is 714. The van der Waals surface area contributed by atoms with E-state index < -0.39 is 5.97 Å². The van der Waals surface area contributed by atoms with Gasteiger partial charge in [0.1, 0.15) is 5.76 Å². The third kappa shape index (κ3) is 2.96. The molecule has 2 aromatic rings. The summed E-state index contributed by atoms with van der Waals surface area (Å²) in [6.45, 7) is 5.73. The van der Waals surface area contributed by atoms with Gasteiger partial charge in [-0.2, -0.15) is 0 Å². The fourth-order valence-electron chi connectivity index (χ4n) is 2.44. The zero-order chi connectivity index (χ0) is 16.1. The van der Waals surface area contributed by atoms with Crippen molar-refractivity contribution >= 4 is 5.97 Å². The number of aryl methyl sites for hydroxylation is 1. The van der Waals surface area contributed by atoms with Crippen LogP contribution in [-0.4, -0.2) is 12.6 Å². The molecule has 4 heteroatoms. The first-order valence-corrected chi connectivity index (χ1v) is 7.55. The van der Waals surface area contributed by atoms with E-state index in [1.165, 1.54) is 0 Å². The lowest BCUT2D eigenvalue weighted by Crippen LogP contribution is -2.23. The Balaban J connectivity index is 2.77. The molecule has 0 aliphatic heterocycles. The molecule has 0 aliphatic rings. The van der Waals surface area contributed by atoms with Crippen molar-refractivity contribution in [2.75, 3.05) is 6.61 Å². The summed E-state index contributed by atoms with van der Waals surface area (Å²) >= 11 is 0. The molecule has 1 aromatic heterocycles. The van der Waals surface area contributed by atoms with Gasteiger partial charge in [0.25, 0.3) is 0 Å². The maximum absolute atomic E-state index is 12.7. The molecule has 1 aromatic carbocycles. The van der Waals surface area contributed by atoms with Crippen molar-refractivity contribution in [3.8, 4) is 11.3 Å². The van der Waals surface area contributed by atoms with Crippen molar-refractivity contribution in [2.45, 2.75) is 33.6 Å². The molecule has 2 rings (SSSR count). The summed E-state index contributed by atoms with van der Waals surface area (Å²) in [4.78, 5) is 25.0. The number of esters is 1. The van der Waals surface area contributed by atoms with E-state index in [-0.39, 0.29) is 23.4 Å². The SMILES string of the molecule is CCOC(=O)c1c(-c2ccccc2)oc(CC)c(CC)c1=O. The monoisotopic (exact) mass is 300 g/mol. The third-order valence-corrected chi connectivity index (χ3v) is 3.48. The van der Waals surface area contributed by atoms with Gasteiger partial charge >= 0.3 is 5.97 Å². The van der Waals surface area contributed by atoms with Gasteiger partial charge in [0.15, 0.2) is 11.3 Å². The topological polar surface area (TPSA) is 56.5 Å². The van der Waals surface area contributed by atoms with Crippen molar-refractivity contribution in [3.63, 3.8) is 0 Å². The molecule has 0 saturated carbocycles. The Hall–Kier alpha value is -2.36. The molecule has 116 valence electrons. The van der Waals surface area contributed by atoms with Gasteiger partial charge in [-0.15, -0.1) is 0 Å². The Morgan fingerprint density at radius 1 is 1.09 bits per heavy atom. The number of hydrogen-bond acceptors (Lipinski definition) is 4. The number of benzene rings is 1. The second kappa shape index (κ2) is 7.07. The highest BCUT2D eigenvalue weighted by Crippen LogP contribution is 2.25. The summed E-state index contributed by atoms with van der Waals surface area (Å²) in [7, 11) is 0. The first kappa shape index (κ1) is 16.0. The second-order valence-electron chi connectivity index (χ2n) is 4.83. The first-order valence-electron chi connectivity index (χ1n) is 7.55. The Labute approximate surface area is 129 Å². The minimum atomic E-state index is -0.632. The molecular formula is C18H20O4. The van der Waals surface area contributed by atoms with Gasteiger partial charge in [-0.25, -0.2) is 4.79 Å². The summed E-state index contributed by atoms with van der Waals surface area (Å²) in [6.07, 6.45) is 1.12. The van der Waals surface area contributed by atoms with Crippen LogP contribution in [0.2, 0.25) is 0 Å². The number of carbonyl (C=O) groups excluding carboxylic acids is 1. The maximum atomic E-state index is 12.7. The van der Waals surface area contributed by atoms with Crippen LogP contribution in [-0.2, 0) is 17.6 Å². The predicted octanol–water partition coefficient (Wildman–Crippen LogP) is 3.61.